The van der Waals surface area contributed by atoms with Gasteiger partial charge in [0.25, 0.3) is 0 Å². The highest BCUT2D eigenvalue weighted by atomic mass is 14.0. The van der Waals surface area contributed by atoms with Gasteiger partial charge in [0.2, 0.25) is 0 Å². The fourth-order valence-electron chi connectivity index (χ4n) is 2.04. The van der Waals surface area contributed by atoms with Gasteiger partial charge in [-0.3, -0.25) is 0 Å². The van der Waals surface area contributed by atoms with Crippen LogP contribution in [0.1, 0.15) is 31.4 Å². The van der Waals surface area contributed by atoms with Crippen LogP contribution in [0.15, 0.2) is 48.5 Å². The molecule has 2 aromatic rings. The van der Waals surface area contributed by atoms with Gasteiger partial charge in [-0.05, 0) is 42.2 Å². The van der Waals surface area contributed by atoms with Crippen LogP contribution in [0.25, 0.3) is 11.1 Å². The summed E-state index contributed by atoms with van der Waals surface area (Å²) in [5.41, 5.74) is 5.00. The third kappa shape index (κ3) is 3.02. The van der Waals surface area contributed by atoms with Crippen molar-refractivity contribution in [2.45, 2.75) is 26.7 Å². The first-order valence-corrected chi connectivity index (χ1v) is 6.45. The van der Waals surface area contributed by atoms with E-state index >= 15 is 0 Å². The minimum Gasteiger partial charge on any atom is -0.101 e. The topological polar surface area (TPSA) is 0 Å². The first-order chi connectivity index (χ1) is 8.83. The largest absolute Gasteiger partial charge is 0.101 e. The molecule has 0 fully saturated rings. The normalized spacial score (nSPS) is 9.67. The minimum absolute atomic E-state index is 1.07. The van der Waals surface area contributed by atoms with E-state index in [4.69, 9.17) is 0 Å². The summed E-state index contributed by atoms with van der Waals surface area (Å²) in [6.07, 6.45) is 2.36. The zero-order valence-electron chi connectivity index (χ0n) is 11.0. The molecule has 0 aromatic heterocycles. The molecule has 0 aliphatic carbocycles. The molecule has 0 heteroatoms. The van der Waals surface area contributed by atoms with Crippen LogP contribution in [0.4, 0.5) is 0 Å². The van der Waals surface area contributed by atoms with Crippen LogP contribution in [0.5, 0.6) is 0 Å². The number of hydrogen-bond donors (Lipinski definition) is 0. The summed E-state index contributed by atoms with van der Waals surface area (Å²) in [6, 6.07) is 17.3. The SMILES string of the molecule is CC#Cc1ccc(-c2ccc(CCC)cc2)cc1. The van der Waals surface area contributed by atoms with Crippen molar-refractivity contribution in [2.24, 2.45) is 0 Å². The fraction of sp³-hybridized carbons (Fsp3) is 0.222. The molecule has 0 aliphatic rings. The summed E-state index contributed by atoms with van der Waals surface area (Å²) in [5, 5.41) is 0. The number of hydrogen-bond acceptors (Lipinski definition) is 0. The van der Waals surface area contributed by atoms with E-state index in [1.165, 1.54) is 23.1 Å². The Morgan fingerprint density at radius 1 is 0.833 bits per heavy atom. The van der Waals surface area contributed by atoms with Crippen molar-refractivity contribution in [3.05, 3.63) is 59.7 Å². The van der Waals surface area contributed by atoms with E-state index in [0.29, 0.717) is 0 Å². The first kappa shape index (κ1) is 12.5. The Labute approximate surface area is 110 Å². The predicted octanol–water partition coefficient (Wildman–Crippen LogP) is 4.68. The molecule has 0 saturated carbocycles. The van der Waals surface area contributed by atoms with Gasteiger partial charge >= 0.3 is 0 Å². The van der Waals surface area contributed by atoms with Gasteiger partial charge in [-0.15, -0.1) is 5.92 Å². The Morgan fingerprint density at radius 2 is 1.39 bits per heavy atom. The van der Waals surface area contributed by atoms with Crippen molar-refractivity contribution in [3.63, 3.8) is 0 Å². The smallest absolute Gasteiger partial charge is 0.0245 e. The Balaban J connectivity index is 2.22. The van der Waals surface area contributed by atoms with Crippen LogP contribution in [-0.4, -0.2) is 0 Å². The maximum Gasteiger partial charge on any atom is 0.0245 e. The van der Waals surface area contributed by atoms with Crippen molar-refractivity contribution in [3.8, 4) is 23.0 Å². The molecule has 0 bridgehead atoms. The van der Waals surface area contributed by atoms with Crippen molar-refractivity contribution < 1.29 is 0 Å². The van der Waals surface area contributed by atoms with E-state index in [-0.39, 0.29) is 0 Å². The van der Waals surface area contributed by atoms with E-state index < -0.39 is 0 Å². The summed E-state index contributed by atoms with van der Waals surface area (Å²) < 4.78 is 0. The third-order valence-corrected chi connectivity index (χ3v) is 2.98. The standard InChI is InChI=1S/C18H18/c1-3-5-15-7-11-17(12-8-15)18-13-9-16(6-4-2)10-14-18/h7-14H,3,5H2,1-2H3. The number of benzene rings is 2. The fourth-order valence-corrected chi connectivity index (χ4v) is 2.04. The molecule has 2 aromatic carbocycles. The van der Waals surface area contributed by atoms with Crippen LogP contribution in [0, 0.1) is 11.8 Å². The quantitative estimate of drug-likeness (QED) is 0.676. The molecule has 0 N–H and O–H groups in total. The third-order valence-electron chi connectivity index (χ3n) is 2.98. The zero-order chi connectivity index (χ0) is 12.8. The maximum absolute atomic E-state index is 3.06. The molecule has 0 radical (unpaired) electrons. The average Bonchev–Trinajstić information content (AvgIpc) is 2.41. The van der Waals surface area contributed by atoms with E-state index in [1.54, 1.807) is 0 Å². The number of rotatable bonds is 3. The number of aryl methyl sites for hydroxylation is 1. The monoisotopic (exact) mass is 234 g/mol. The van der Waals surface area contributed by atoms with Gasteiger partial charge < -0.3 is 0 Å². The summed E-state index contributed by atoms with van der Waals surface area (Å²) >= 11 is 0. The van der Waals surface area contributed by atoms with Crippen LogP contribution in [-0.2, 0) is 6.42 Å². The summed E-state index contributed by atoms with van der Waals surface area (Å²) in [6.45, 7) is 4.07. The second-order valence-electron chi connectivity index (χ2n) is 4.40. The van der Waals surface area contributed by atoms with Gasteiger partial charge in [0, 0.05) is 5.56 Å². The molecule has 0 aliphatic heterocycles. The Kier molecular flexibility index (Phi) is 4.20. The van der Waals surface area contributed by atoms with Crippen LogP contribution in [0.2, 0.25) is 0 Å². The second-order valence-corrected chi connectivity index (χ2v) is 4.40. The molecule has 0 unspecified atom stereocenters. The van der Waals surface area contributed by atoms with Crippen LogP contribution < -0.4 is 0 Å². The van der Waals surface area contributed by atoms with Crippen molar-refractivity contribution in [1.29, 1.82) is 0 Å². The lowest BCUT2D eigenvalue weighted by Crippen LogP contribution is -1.84. The predicted molar refractivity (Wildman–Crippen MR) is 78.4 cm³/mol. The Hall–Kier alpha value is -2.00. The Morgan fingerprint density at radius 3 is 1.89 bits per heavy atom. The first-order valence-electron chi connectivity index (χ1n) is 6.45. The summed E-state index contributed by atoms with van der Waals surface area (Å²) in [4.78, 5) is 0. The molecule has 2 rings (SSSR count). The lowest BCUT2D eigenvalue weighted by molar-refractivity contribution is 0.922. The van der Waals surface area contributed by atoms with Crippen molar-refractivity contribution in [1.82, 2.24) is 0 Å². The summed E-state index contributed by atoms with van der Waals surface area (Å²) in [5.74, 6) is 5.98. The van der Waals surface area contributed by atoms with Gasteiger partial charge in [-0.1, -0.05) is 55.7 Å². The van der Waals surface area contributed by atoms with Gasteiger partial charge in [0.1, 0.15) is 0 Å². The highest BCUT2D eigenvalue weighted by Crippen LogP contribution is 2.20. The van der Waals surface area contributed by atoms with Gasteiger partial charge in [0.05, 0.1) is 0 Å². The second kappa shape index (κ2) is 6.07. The van der Waals surface area contributed by atoms with E-state index in [9.17, 15) is 0 Å². The van der Waals surface area contributed by atoms with E-state index in [1.807, 2.05) is 6.92 Å². The Bertz CT molecular complexity index is 548. The van der Waals surface area contributed by atoms with E-state index in [0.717, 1.165) is 12.0 Å². The highest BCUT2D eigenvalue weighted by molar-refractivity contribution is 5.64. The van der Waals surface area contributed by atoms with E-state index in [2.05, 4.69) is 67.3 Å². The molecule has 0 amide bonds. The molecule has 0 saturated heterocycles. The van der Waals surface area contributed by atoms with Crippen molar-refractivity contribution in [2.75, 3.05) is 0 Å². The molecule has 90 valence electrons. The average molecular weight is 234 g/mol. The zero-order valence-corrected chi connectivity index (χ0v) is 11.0. The molecule has 0 atom stereocenters. The van der Waals surface area contributed by atoms with Crippen LogP contribution >= 0.6 is 0 Å². The highest BCUT2D eigenvalue weighted by Gasteiger charge is 1.98. The lowest BCUT2D eigenvalue weighted by atomic mass is 10.0. The molecule has 0 spiro atoms. The molecule has 0 nitrogen and oxygen atoms in total. The van der Waals surface area contributed by atoms with Gasteiger partial charge in [0.15, 0.2) is 0 Å². The molecule has 0 heterocycles. The summed E-state index contributed by atoms with van der Waals surface area (Å²) in [7, 11) is 0. The molecular formula is C18H18. The minimum atomic E-state index is 1.07. The maximum atomic E-state index is 3.06. The van der Waals surface area contributed by atoms with Crippen LogP contribution in [0.3, 0.4) is 0 Å². The molecule has 18 heavy (non-hydrogen) atoms. The molecular weight excluding hydrogens is 216 g/mol. The van der Waals surface area contributed by atoms with Gasteiger partial charge in [-0.25, -0.2) is 0 Å². The van der Waals surface area contributed by atoms with Crippen molar-refractivity contribution >= 4 is 0 Å². The lowest BCUT2D eigenvalue weighted by Gasteiger charge is -2.04. The van der Waals surface area contributed by atoms with Gasteiger partial charge in [-0.2, -0.15) is 0 Å².